The third kappa shape index (κ3) is 4.91. The number of amides is 2. The molecular formula is C19H24N2O3. The van der Waals surface area contributed by atoms with Crippen molar-refractivity contribution in [3.05, 3.63) is 59.7 Å². The van der Waals surface area contributed by atoms with Crippen LogP contribution in [0.5, 0.6) is 11.5 Å². The number of carbonyl (C=O) groups excluding carboxylic acids is 1. The summed E-state index contributed by atoms with van der Waals surface area (Å²) in [4.78, 5) is 14.1. The fraction of sp³-hybridized carbons (Fsp3) is 0.316. The van der Waals surface area contributed by atoms with E-state index in [2.05, 4.69) is 5.32 Å². The molecule has 0 bridgehead atoms. The van der Waals surface area contributed by atoms with Gasteiger partial charge in [-0.1, -0.05) is 24.3 Å². The summed E-state index contributed by atoms with van der Waals surface area (Å²) in [5, 5.41) is 2.87. The fourth-order valence-electron chi connectivity index (χ4n) is 2.37. The SMILES string of the molecule is CCNC(=O)N(Cc1ccc(OC)cc1)Cc1ccc(OC)cc1. The number of nitrogens with zero attached hydrogens (tertiary/aromatic N) is 1. The second-order valence-electron chi connectivity index (χ2n) is 5.39. The number of urea groups is 1. The molecule has 5 nitrogen and oxygen atoms in total. The Bertz CT molecular complexity index is 589. The van der Waals surface area contributed by atoms with Crippen molar-refractivity contribution in [1.82, 2.24) is 10.2 Å². The summed E-state index contributed by atoms with van der Waals surface area (Å²) in [5.74, 6) is 1.61. The number of hydrogen-bond donors (Lipinski definition) is 1. The monoisotopic (exact) mass is 328 g/mol. The third-order valence-corrected chi connectivity index (χ3v) is 3.68. The Balaban J connectivity index is 2.11. The molecule has 0 aliphatic carbocycles. The van der Waals surface area contributed by atoms with Crippen LogP contribution in [0.2, 0.25) is 0 Å². The summed E-state index contributed by atoms with van der Waals surface area (Å²) in [6, 6.07) is 15.4. The first kappa shape index (κ1) is 17.7. The van der Waals surface area contributed by atoms with E-state index in [0.717, 1.165) is 22.6 Å². The highest BCUT2D eigenvalue weighted by atomic mass is 16.5. The molecule has 0 spiro atoms. The minimum atomic E-state index is -0.0795. The number of methoxy groups -OCH3 is 2. The first-order chi connectivity index (χ1) is 11.7. The van der Waals surface area contributed by atoms with Crippen LogP contribution in [0.1, 0.15) is 18.1 Å². The third-order valence-electron chi connectivity index (χ3n) is 3.68. The van der Waals surface area contributed by atoms with Crippen molar-refractivity contribution in [2.24, 2.45) is 0 Å². The lowest BCUT2D eigenvalue weighted by atomic mass is 10.1. The van der Waals surface area contributed by atoms with Gasteiger partial charge in [0.25, 0.3) is 0 Å². The Hall–Kier alpha value is -2.69. The molecule has 0 aliphatic rings. The molecule has 0 aliphatic heterocycles. The average molecular weight is 328 g/mol. The van der Waals surface area contributed by atoms with Gasteiger partial charge < -0.3 is 19.7 Å². The van der Waals surface area contributed by atoms with Gasteiger partial charge in [0, 0.05) is 19.6 Å². The van der Waals surface area contributed by atoms with Gasteiger partial charge in [-0.2, -0.15) is 0 Å². The molecule has 0 saturated heterocycles. The molecule has 0 fully saturated rings. The molecule has 5 heteroatoms. The highest BCUT2D eigenvalue weighted by molar-refractivity contribution is 5.74. The van der Waals surface area contributed by atoms with Crippen LogP contribution in [0.15, 0.2) is 48.5 Å². The first-order valence-electron chi connectivity index (χ1n) is 7.95. The summed E-state index contributed by atoms with van der Waals surface area (Å²) < 4.78 is 10.3. The number of carbonyl (C=O) groups is 1. The Labute approximate surface area is 143 Å². The number of nitrogens with one attached hydrogen (secondary N) is 1. The molecular weight excluding hydrogens is 304 g/mol. The molecule has 2 amide bonds. The van der Waals surface area contributed by atoms with Crippen LogP contribution in [0.4, 0.5) is 4.79 Å². The van der Waals surface area contributed by atoms with Gasteiger partial charge in [0.15, 0.2) is 0 Å². The molecule has 1 N–H and O–H groups in total. The molecule has 2 rings (SSSR count). The van der Waals surface area contributed by atoms with E-state index in [4.69, 9.17) is 9.47 Å². The molecule has 0 saturated carbocycles. The molecule has 24 heavy (non-hydrogen) atoms. The van der Waals surface area contributed by atoms with Gasteiger partial charge in [-0.15, -0.1) is 0 Å². The zero-order valence-corrected chi connectivity index (χ0v) is 14.4. The molecule has 0 unspecified atom stereocenters. The van der Waals surface area contributed by atoms with Crippen molar-refractivity contribution in [3.63, 3.8) is 0 Å². The molecule has 128 valence electrons. The maximum Gasteiger partial charge on any atom is 0.317 e. The zero-order valence-electron chi connectivity index (χ0n) is 14.4. The maximum atomic E-state index is 12.4. The van der Waals surface area contributed by atoms with Crippen molar-refractivity contribution in [2.45, 2.75) is 20.0 Å². The topological polar surface area (TPSA) is 50.8 Å². The minimum absolute atomic E-state index is 0.0795. The van der Waals surface area contributed by atoms with Gasteiger partial charge in [0.2, 0.25) is 0 Å². The van der Waals surface area contributed by atoms with Crippen LogP contribution in [-0.2, 0) is 13.1 Å². The number of hydrogen-bond acceptors (Lipinski definition) is 3. The van der Waals surface area contributed by atoms with E-state index in [1.54, 1.807) is 19.1 Å². The second kappa shape index (κ2) is 8.82. The van der Waals surface area contributed by atoms with Crippen LogP contribution in [0.3, 0.4) is 0 Å². The number of benzene rings is 2. The zero-order chi connectivity index (χ0) is 17.4. The maximum absolute atomic E-state index is 12.4. The van der Waals surface area contributed by atoms with Gasteiger partial charge in [-0.25, -0.2) is 4.79 Å². The number of ether oxygens (including phenoxy) is 2. The van der Waals surface area contributed by atoms with E-state index >= 15 is 0 Å². The molecule has 0 radical (unpaired) electrons. The van der Waals surface area contributed by atoms with Gasteiger partial charge in [-0.3, -0.25) is 0 Å². The van der Waals surface area contributed by atoms with E-state index in [9.17, 15) is 4.79 Å². The van der Waals surface area contributed by atoms with Gasteiger partial charge in [-0.05, 0) is 42.3 Å². The van der Waals surface area contributed by atoms with E-state index in [0.29, 0.717) is 19.6 Å². The minimum Gasteiger partial charge on any atom is -0.497 e. The van der Waals surface area contributed by atoms with Crippen molar-refractivity contribution < 1.29 is 14.3 Å². The molecule has 0 heterocycles. The first-order valence-corrected chi connectivity index (χ1v) is 7.95. The van der Waals surface area contributed by atoms with Crippen molar-refractivity contribution in [1.29, 1.82) is 0 Å². The number of rotatable bonds is 7. The van der Waals surface area contributed by atoms with E-state index in [1.807, 2.05) is 55.5 Å². The average Bonchev–Trinajstić information content (AvgIpc) is 2.62. The highest BCUT2D eigenvalue weighted by Gasteiger charge is 2.14. The van der Waals surface area contributed by atoms with E-state index in [-0.39, 0.29) is 6.03 Å². The second-order valence-corrected chi connectivity index (χ2v) is 5.39. The van der Waals surface area contributed by atoms with Crippen molar-refractivity contribution >= 4 is 6.03 Å². The quantitative estimate of drug-likeness (QED) is 0.847. The summed E-state index contributed by atoms with van der Waals surface area (Å²) in [7, 11) is 3.28. The summed E-state index contributed by atoms with van der Waals surface area (Å²) >= 11 is 0. The van der Waals surface area contributed by atoms with Crippen LogP contribution < -0.4 is 14.8 Å². The fourth-order valence-corrected chi connectivity index (χ4v) is 2.37. The van der Waals surface area contributed by atoms with Gasteiger partial charge in [0.1, 0.15) is 11.5 Å². The molecule has 2 aromatic carbocycles. The summed E-state index contributed by atoms with van der Waals surface area (Å²) in [5.41, 5.74) is 2.10. The van der Waals surface area contributed by atoms with E-state index < -0.39 is 0 Å². The van der Waals surface area contributed by atoms with Crippen LogP contribution in [-0.4, -0.2) is 31.7 Å². The molecule has 2 aromatic rings. The lowest BCUT2D eigenvalue weighted by molar-refractivity contribution is 0.193. The molecule has 0 aromatic heterocycles. The lowest BCUT2D eigenvalue weighted by Crippen LogP contribution is -2.38. The predicted octanol–water partition coefficient (Wildman–Crippen LogP) is 3.44. The molecule has 0 atom stereocenters. The predicted molar refractivity (Wildman–Crippen MR) is 94.3 cm³/mol. The normalized spacial score (nSPS) is 10.1. The Morgan fingerprint density at radius 2 is 1.29 bits per heavy atom. The van der Waals surface area contributed by atoms with E-state index in [1.165, 1.54) is 0 Å². The van der Waals surface area contributed by atoms with Crippen LogP contribution >= 0.6 is 0 Å². The summed E-state index contributed by atoms with van der Waals surface area (Å²) in [6.45, 7) is 3.57. The van der Waals surface area contributed by atoms with Crippen LogP contribution in [0, 0.1) is 0 Å². The van der Waals surface area contributed by atoms with Gasteiger partial charge >= 0.3 is 6.03 Å². The Morgan fingerprint density at radius 3 is 1.62 bits per heavy atom. The smallest absolute Gasteiger partial charge is 0.317 e. The van der Waals surface area contributed by atoms with Crippen LogP contribution in [0.25, 0.3) is 0 Å². The summed E-state index contributed by atoms with van der Waals surface area (Å²) in [6.07, 6.45) is 0. The largest absolute Gasteiger partial charge is 0.497 e. The van der Waals surface area contributed by atoms with Gasteiger partial charge in [0.05, 0.1) is 14.2 Å². The Morgan fingerprint density at radius 1 is 0.875 bits per heavy atom. The Kier molecular flexibility index (Phi) is 6.49. The lowest BCUT2D eigenvalue weighted by Gasteiger charge is -2.23. The van der Waals surface area contributed by atoms with Crippen molar-refractivity contribution in [3.8, 4) is 11.5 Å². The standard InChI is InChI=1S/C19H24N2O3/c1-4-20-19(22)21(13-15-5-9-17(23-2)10-6-15)14-16-7-11-18(24-3)12-8-16/h5-12H,4,13-14H2,1-3H3,(H,20,22). The highest BCUT2D eigenvalue weighted by Crippen LogP contribution is 2.17. The van der Waals surface area contributed by atoms with Crippen molar-refractivity contribution in [2.75, 3.05) is 20.8 Å².